The third-order valence-corrected chi connectivity index (χ3v) is 3.11. The van der Waals surface area contributed by atoms with Gasteiger partial charge in [0.05, 0.1) is 0 Å². The van der Waals surface area contributed by atoms with Gasteiger partial charge in [0.2, 0.25) is 0 Å². The molecule has 0 aromatic heterocycles. The van der Waals surface area contributed by atoms with E-state index in [9.17, 15) is 0 Å². The normalized spacial score (nSPS) is 12.6. The van der Waals surface area contributed by atoms with Crippen LogP contribution in [0.15, 0.2) is 35.3 Å². The van der Waals surface area contributed by atoms with E-state index in [0.717, 1.165) is 24.7 Å². The van der Waals surface area contributed by atoms with Crippen LogP contribution in [0.1, 0.15) is 13.8 Å². The average molecular weight is 291 g/mol. The van der Waals surface area contributed by atoms with Gasteiger partial charge < -0.3 is 21.3 Å². The SMILES string of the molecule is CN(C)CCNC(=NCC(C)(C)CN)Nc1ccccc1. The lowest BCUT2D eigenvalue weighted by Gasteiger charge is -2.21. The molecule has 4 N–H and O–H groups in total. The van der Waals surface area contributed by atoms with Crippen LogP contribution in [-0.2, 0) is 0 Å². The van der Waals surface area contributed by atoms with E-state index in [2.05, 4.69) is 48.5 Å². The van der Waals surface area contributed by atoms with Crippen LogP contribution in [-0.4, -0.2) is 51.1 Å². The van der Waals surface area contributed by atoms with Gasteiger partial charge in [-0.15, -0.1) is 0 Å². The largest absolute Gasteiger partial charge is 0.355 e. The molecule has 5 heteroatoms. The number of hydrogen-bond acceptors (Lipinski definition) is 3. The van der Waals surface area contributed by atoms with Gasteiger partial charge in [-0.2, -0.15) is 0 Å². The monoisotopic (exact) mass is 291 g/mol. The molecular weight excluding hydrogens is 262 g/mol. The second-order valence-electron chi connectivity index (χ2n) is 6.25. The average Bonchev–Trinajstić information content (AvgIpc) is 2.45. The highest BCUT2D eigenvalue weighted by molar-refractivity contribution is 5.93. The number of nitrogens with one attached hydrogen (secondary N) is 2. The summed E-state index contributed by atoms with van der Waals surface area (Å²) in [5.41, 5.74) is 6.80. The maximum absolute atomic E-state index is 5.77. The Morgan fingerprint density at radius 1 is 1.24 bits per heavy atom. The smallest absolute Gasteiger partial charge is 0.195 e. The van der Waals surface area contributed by atoms with Crippen molar-refractivity contribution in [2.24, 2.45) is 16.1 Å². The van der Waals surface area contributed by atoms with Gasteiger partial charge in [-0.05, 0) is 38.2 Å². The van der Waals surface area contributed by atoms with Crippen LogP contribution in [0.2, 0.25) is 0 Å². The van der Waals surface area contributed by atoms with Gasteiger partial charge in [0.1, 0.15) is 0 Å². The summed E-state index contributed by atoms with van der Waals surface area (Å²) in [6.07, 6.45) is 0. The molecule has 0 fully saturated rings. The van der Waals surface area contributed by atoms with E-state index >= 15 is 0 Å². The molecule has 1 aromatic rings. The third kappa shape index (κ3) is 7.68. The van der Waals surface area contributed by atoms with E-state index in [0.29, 0.717) is 13.1 Å². The van der Waals surface area contributed by atoms with Gasteiger partial charge >= 0.3 is 0 Å². The first-order valence-electron chi connectivity index (χ1n) is 7.38. The van der Waals surface area contributed by atoms with Crippen molar-refractivity contribution in [1.82, 2.24) is 10.2 Å². The lowest BCUT2D eigenvalue weighted by molar-refractivity contribution is 0.392. The number of rotatable bonds is 7. The molecule has 0 heterocycles. The predicted octanol–water partition coefficient (Wildman–Crippen LogP) is 1.59. The van der Waals surface area contributed by atoms with Gasteiger partial charge in [-0.1, -0.05) is 32.0 Å². The van der Waals surface area contributed by atoms with Gasteiger partial charge in [0.15, 0.2) is 5.96 Å². The molecule has 0 amide bonds. The van der Waals surface area contributed by atoms with Crippen molar-refractivity contribution >= 4 is 11.6 Å². The number of hydrogen-bond donors (Lipinski definition) is 3. The highest BCUT2D eigenvalue weighted by Gasteiger charge is 2.15. The molecule has 1 aromatic carbocycles. The highest BCUT2D eigenvalue weighted by atomic mass is 15.2. The lowest BCUT2D eigenvalue weighted by Crippen LogP contribution is -2.37. The summed E-state index contributed by atoms with van der Waals surface area (Å²) < 4.78 is 0. The minimum absolute atomic E-state index is 0.00679. The standard InChI is InChI=1S/C16H29N5/c1-16(2,12-17)13-19-15(18-10-11-21(3)4)20-14-8-6-5-7-9-14/h5-9H,10-13,17H2,1-4H3,(H2,18,19,20). The zero-order valence-corrected chi connectivity index (χ0v) is 13.7. The molecule has 0 saturated carbocycles. The molecule has 0 aliphatic heterocycles. The number of nitrogens with two attached hydrogens (primary N) is 1. The van der Waals surface area contributed by atoms with E-state index in [1.54, 1.807) is 0 Å². The number of benzene rings is 1. The molecule has 21 heavy (non-hydrogen) atoms. The van der Waals surface area contributed by atoms with E-state index in [1.165, 1.54) is 0 Å². The second kappa shape index (κ2) is 8.64. The van der Waals surface area contributed by atoms with Gasteiger partial charge in [-0.25, -0.2) is 0 Å². The first-order valence-corrected chi connectivity index (χ1v) is 7.38. The number of aliphatic imine (C=N–C) groups is 1. The third-order valence-electron chi connectivity index (χ3n) is 3.11. The maximum atomic E-state index is 5.77. The fourth-order valence-corrected chi connectivity index (χ4v) is 1.55. The van der Waals surface area contributed by atoms with Crippen LogP contribution >= 0.6 is 0 Å². The maximum Gasteiger partial charge on any atom is 0.195 e. The Labute approximate surface area is 128 Å². The summed E-state index contributed by atoms with van der Waals surface area (Å²) >= 11 is 0. The minimum atomic E-state index is 0.00679. The van der Waals surface area contributed by atoms with Crippen molar-refractivity contribution in [3.05, 3.63) is 30.3 Å². The summed E-state index contributed by atoms with van der Waals surface area (Å²) in [6.45, 7) is 7.35. The zero-order chi connectivity index (χ0) is 15.7. The van der Waals surface area contributed by atoms with E-state index in [1.807, 2.05) is 30.3 Å². The molecule has 0 aliphatic carbocycles. The number of nitrogens with zero attached hydrogens (tertiary/aromatic N) is 2. The van der Waals surface area contributed by atoms with Crippen LogP contribution in [0, 0.1) is 5.41 Å². The highest BCUT2D eigenvalue weighted by Crippen LogP contribution is 2.13. The summed E-state index contributed by atoms with van der Waals surface area (Å²) in [5, 5.41) is 6.68. The molecule has 1 rings (SSSR count). The Bertz CT molecular complexity index is 426. The van der Waals surface area contributed by atoms with Crippen LogP contribution in [0.3, 0.4) is 0 Å². The Hall–Kier alpha value is -1.59. The summed E-state index contributed by atoms with van der Waals surface area (Å²) in [4.78, 5) is 6.79. The molecule has 0 spiro atoms. The Balaban J connectivity index is 2.67. The summed E-state index contributed by atoms with van der Waals surface area (Å²) in [5.74, 6) is 0.796. The molecule has 0 unspecified atom stereocenters. The predicted molar refractivity (Wildman–Crippen MR) is 91.8 cm³/mol. The van der Waals surface area contributed by atoms with Gasteiger partial charge in [0, 0.05) is 25.3 Å². The molecule has 0 atom stereocenters. The van der Waals surface area contributed by atoms with Crippen LogP contribution < -0.4 is 16.4 Å². The fraction of sp³-hybridized carbons (Fsp3) is 0.562. The fourth-order valence-electron chi connectivity index (χ4n) is 1.55. The molecule has 0 radical (unpaired) electrons. The van der Waals surface area contributed by atoms with Crippen molar-refractivity contribution in [2.75, 3.05) is 45.6 Å². The topological polar surface area (TPSA) is 65.7 Å². The van der Waals surface area contributed by atoms with Gasteiger partial charge in [0.25, 0.3) is 0 Å². The number of para-hydroxylation sites is 1. The Morgan fingerprint density at radius 2 is 1.90 bits per heavy atom. The van der Waals surface area contributed by atoms with Crippen molar-refractivity contribution in [1.29, 1.82) is 0 Å². The summed E-state index contributed by atoms with van der Waals surface area (Å²) in [6, 6.07) is 10.1. The second-order valence-corrected chi connectivity index (χ2v) is 6.25. The summed E-state index contributed by atoms with van der Waals surface area (Å²) in [7, 11) is 4.11. The van der Waals surface area contributed by atoms with E-state index < -0.39 is 0 Å². The molecule has 0 aliphatic rings. The van der Waals surface area contributed by atoms with Crippen molar-refractivity contribution in [3.63, 3.8) is 0 Å². The first kappa shape index (κ1) is 17.5. The Kier molecular flexibility index (Phi) is 7.19. The van der Waals surface area contributed by atoms with Crippen molar-refractivity contribution < 1.29 is 0 Å². The number of likely N-dealkylation sites (N-methyl/N-ethyl adjacent to an activating group) is 1. The van der Waals surface area contributed by atoms with Crippen molar-refractivity contribution in [3.8, 4) is 0 Å². The van der Waals surface area contributed by atoms with Crippen LogP contribution in [0.25, 0.3) is 0 Å². The Morgan fingerprint density at radius 3 is 2.48 bits per heavy atom. The van der Waals surface area contributed by atoms with E-state index in [4.69, 9.17) is 5.73 Å². The van der Waals surface area contributed by atoms with Crippen LogP contribution in [0.5, 0.6) is 0 Å². The number of anilines is 1. The molecule has 118 valence electrons. The quantitative estimate of drug-likeness (QED) is 0.527. The first-order chi connectivity index (χ1) is 9.93. The van der Waals surface area contributed by atoms with E-state index in [-0.39, 0.29) is 5.41 Å². The molecule has 0 saturated heterocycles. The zero-order valence-electron chi connectivity index (χ0n) is 13.7. The number of guanidine groups is 1. The minimum Gasteiger partial charge on any atom is -0.355 e. The van der Waals surface area contributed by atoms with Crippen LogP contribution in [0.4, 0.5) is 5.69 Å². The molecular formula is C16H29N5. The molecule has 0 bridgehead atoms. The van der Waals surface area contributed by atoms with Gasteiger partial charge in [-0.3, -0.25) is 4.99 Å². The lowest BCUT2D eigenvalue weighted by atomic mass is 9.94. The van der Waals surface area contributed by atoms with Crippen molar-refractivity contribution in [2.45, 2.75) is 13.8 Å². The molecule has 5 nitrogen and oxygen atoms in total.